The minimum absolute atomic E-state index is 0.268. The lowest BCUT2D eigenvalue weighted by molar-refractivity contribution is 0.102. The molecule has 1 fully saturated rings. The third-order valence-corrected chi connectivity index (χ3v) is 5.36. The van der Waals surface area contributed by atoms with Crippen LogP contribution in [0.1, 0.15) is 35.1 Å². The average Bonchev–Trinajstić information content (AvgIpc) is 3.31. The Morgan fingerprint density at radius 1 is 1.23 bits per heavy atom. The fourth-order valence-electron chi connectivity index (χ4n) is 3.02. The number of aromatic nitrogens is 4. The van der Waals surface area contributed by atoms with Gasteiger partial charge in [-0.1, -0.05) is 30.3 Å². The van der Waals surface area contributed by atoms with Crippen molar-refractivity contribution in [2.45, 2.75) is 18.8 Å². The number of nitrogens with one attached hydrogen (secondary N) is 2. The van der Waals surface area contributed by atoms with E-state index in [9.17, 15) is 4.79 Å². The van der Waals surface area contributed by atoms with E-state index in [4.69, 9.17) is 0 Å². The summed E-state index contributed by atoms with van der Waals surface area (Å²) in [6.07, 6.45) is 2.04. The number of piperidine rings is 1. The molecule has 0 saturated carbocycles. The molecule has 0 bridgehead atoms. The van der Waals surface area contributed by atoms with Gasteiger partial charge in [0.1, 0.15) is 10.7 Å². The van der Waals surface area contributed by atoms with E-state index in [0.29, 0.717) is 17.6 Å². The normalized spacial score (nSPS) is 15.1. The van der Waals surface area contributed by atoms with Crippen LogP contribution in [0.2, 0.25) is 0 Å². The standard InChI is InChI=1S/C18H20N6OS/c1-24-18(21-15(23-24)12-7-9-19-10-8-12)22-16(25)14-11-26-17(20-14)13-5-3-2-4-6-13/h2-6,11-12,19H,7-10H2,1H3,(H,21,22,23,25). The number of rotatable bonds is 4. The van der Waals surface area contributed by atoms with Crippen molar-refractivity contribution in [1.82, 2.24) is 25.1 Å². The molecular weight excluding hydrogens is 348 g/mol. The fraction of sp³-hybridized carbons (Fsp3) is 0.333. The number of aryl methyl sites for hydroxylation is 1. The molecule has 2 aromatic heterocycles. The molecular formula is C18H20N6OS. The molecule has 8 heteroatoms. The van der Waals surface area contributed by atoms with E-state index in [0.717, 1.165) is 42.3 Å². The third-order valence-electron chi connectivity index (χ3n) is 4.47. The first-order valence-corrected chi connectivity index (χ1v) is 9.52. The predicted octanol–water partition coefficient (Wildman–Crippen LogP) is 2.66. The van der Waals surface area contributed by atoms with Crippen molar-refractivity contribution in [3.63, 3.8) is 0 Å². The number of amides is 1. The lowest BCUT2D eigenvalue weighted by Gasteiger charge is -2.19. The zero-order valence-electron chi connectivity index (χ0n) is 14.5. The molecule has 7 nitrogen and oxygen atoms in total. The van der Waals surface area contributed by atoms with Crippen molar-refractivity contribution in [1.29, 1.82) is 0 Å². The molecule has 3 heterocycles. The van der Waals surface area contributed by atoms with Gasteiger partial charge < -0.3 is 5.32 Å². The second-order valence-corrected chi connectivity index (χ2v) is 7.16. The maximum Gasteiger partial charge on any atom is 0.277 e. The number of carbonyl (C=O) groups excluding carboxylic acids is 1. The summed E-state index contributed by atoms with van der Waals surface area (Å²) in [7, 11) is 1.80. The summed E-state index contributed by atoms with van der Waals surface area (Å²) in [6, 6.07) is 9.83. The van der Waals surface area contributed by atoms with Gasteiger partial charge in [0.05, 0.1) is 0 Å². The summed E-state index contributed by atoms with van der Waals surface area (Å²) in [5.41, 5.74) is 1.39. The lowest BCUT2D eigenvalue weighted by atomic mass is 9.98. The Balaban J connectivity index is 1.48. The molecule has 1 aliphatic rings. The van der Waals surface area contributed by atoms with Crippen LogP contribution in [0.5, 0.6) is 0 Å². The first-order valence-electron chi connectivity index (χ1n) is 8.64. The topological polar surface area (TPSA) is 84.7 Å². The van der Waals surface area contributed by atoms with Crippen molar-refractivity contribution < 1.29 is 4.79 Å². The summed E-state index contributed by atoms with van der Waals surface area (Å²) in [5, 5.41) is 13.2. The van der Waals surface area contributed by atoms with Crippen LogP contribution < -0.4 is 10.6 Å². The van der Waals surface area contributed by atoms with Crippen LogP contribution in [-0.2, 0) is 7.05 Å². The van der Waals surface area contributed by atoms with Gasteiger partial charge in [-0.2, -0.15) is 10.1 Å². The number of hydrogen-bond donors (Lipinski definition) is 2. The first kappa shape index (κ1) is 16.9. The second-order valence-electron chi connectivity index (χ2n) is 6.30. The zero-order valence-corrected chi connectivity index (χ0v) is 15.3. The summed E-state index contributed by atoms with van der Waals surface area (Å²) >= 11 is 1.45. The Hall–Kier alpha value is -2.58. The second kappa shape index (κ2) is 7.35. The number of thiazole rings is 1. The largest absolute Gasteiger partial charge is 0.317 e. The molecule has 4 rings (SSSR count). The minimum Gasteiger partial charge on any atom is -0.317 e. The first-order chi connectivity index (χ1) is 12.7. The molecule has 0 unspecified atom stereocenters. The van der Waals surface area contributed by atoms with Gasteiger partial charge in [-0.25, -0.2) is 9.67 Å². The number of nitrogens with zero attached hydrogens (tertiary/aromatic N) is 4. The molecule has 0 aliphatic carbocycles. The van der Waals surface area contributed by atoms with Gasteiger partial charge in [0, 0.05) is 23.9 Å². The summed E-state index contributed by atoms with van der Waals surface area (Å²) in [6.45, 7) is 1.96. The molecule has 0 radical (unpaired) electrons. The highest BCUT2D eigenvalue weighted by Crippen LogP contribution is 2.25. The van der Waals surface area contributed by atoms with E-state index in [1.807, 2.05) is 30.3 Å². The maximum absolute atomic E-state index is 12.5. The molecule has 3 aromatic rings. The summed E-state index contributed by atoms with van der Waals surface area (Å²) in [5.74, 6) is 1.33. The Labute approximate surface area is 155 Å². The van der Waals surface area contributed by atoms with E-state index in [-0.39, 0.29) is 5.91 Å². The molecule has 2 N–H and O–H groups in total. The van der Waals surface area contributed by atoms with Crippen molar-refractivity contribution in [3.8, 4) is 10.6 Å². The molecule has 1 amide bonds. The van der Waals surface area contributed by atoms with Crippen molar-refractivity contribution >= 4 is 23.2 Å². The van der Waals surface area contributed by atoms with E-state index < -0.39 is 0 Å². The van der Waals surface area contributed by atoms with Gasteiger partial charge in [-0.05, 0) is 25.9 Å². The highest BCUT2D eigenvalue weighted by atomic mass is 32.1. The highest BCUT2D eigenvalue weighted by Gasteiger charge is 2.22. The fourth-order valence-corrected chi connectivity index (χ4v) is 3.83. The van der Waals surface area contributed by atoms with Crippen LogP contribution in [0.3, 0.4) is 0 Å². The molecule has 0 spiro atoms. The van der Waals surface area contributed by atoms with E-state index >= 15 is 0 Å². The zero-order chi connectivity index (χ0) is 17.9. The van der Waals surface area contributed by atoms with Crippen LogP contribution in [0, 0.1) is 0 Å². The van der Waals surface area contributed by atoms with Crippen LogP contribution in [0.15, 0.2) is 35.7 Å². The van der Waals surface area contributed by atoms with Crippen LogP contribution in [0.25, 0.3) is 10.6 Å². The van der Waals surface area contributed by atoms with E-state index in [1.165, 1.54) is 11.3 Å². The van der Waals surface area contributed by atoms with Gasteiger partial charge in [0.15, 0.2) is 5.82 Å². The van der Waals surface area contributed by atoms with Crippen LogP contribution in [0.4, 0.5) is 5.95 Å². The van der Waals surface area contributed by atoms with Crippen molar-refractivity contribution in [2.75, 3.05) is 18.4 Å². The Morgan fingerprint density at radius 3 is 2.77 bits per heavy atom. The Morgan fingerprint density at radius 2 is 2.00 bits per heavy atom. The number of carbonyl (C=O) groups is 1. The number of anilines is 1. The maximum atomic E-state index is 12.5. The highest BCUT2D eigenvalue weighted by molar-refractivity contribution is 7.13. The molecule has 1 aliphatic heterocycles. The quantitative estimate of drug-likeness (QED) is 0.740. The van der Waals surface area contributed by atoms with Gasteiger partial charge in [0.2, 0.25) is 5.95 Å². The summed E-state index contributed by atoms with van der Waals surface area (Å²) < 4.78 is 1.62. The predicted molar refractivity (Wildman–Crippen MR) is 101 cm³/mol. The van der Waals surface area contributed by atoms with Gasteiger partial charge in [-0.15, -0.1) is 11.3 Å². The molecule has 1 saturated heterocycles. The molecule has 26 heavy (non-hydrogen) atoms. The van der Waals surface area contributed by atoms with E-state index in [2.05, 4.69) is 25.7 Å². The average molecular weight is 368 g/mol. The van der Waals surface area contributed by atoms with Gasteiger partial charge in [0.25, 0.3) is 5.91 Å². The summed E-state index contributed by atoms with van der Waals surface area (Å²) in [4.78, 5) is 21.5. The molecule has 1 aromatic carbocycles. The SMILES string of the molecule is Cn1nc(C2CCNCC2)nc1NC(=O)c1csc(-c2ccccc2)n1. The van der Waals surface area contributed by atoms with Gasteiger partial charge in [-0.3, -0.25) is 10.1 Å². The molecule has 134 valence electrons. The van der Waals surface area contributed by atoms with Crippen LogP contribution in [-0.4, -0.2) is 38.7 Å². The number of benzene rings is 1. The lowest BCUT2D eigenvalue weighted by Crippen LogP contribution is -2.27. The Kier molecular flexibility index (Phi) is 4.77. The Bertz CT molecular complexity index is 898. The van der Waals surface area contributed by atoms with Crippen molar-refractivity contribution in [2.24, 2.45) is 7.05 Å². The van der Waals surface area contributed by atoms with Gasteiger partial charge >= 0.3 is 0 Å². The number of hydrogen-bond acceptors (Lipinski definition) is 6. The minimum atomic E-state index is -0.268. The molecule has 0 atom stereocenters. The third kappa shape index (κ3) is 3.51. The van der Waals surface area contributed by atoms with Crippen LogP contribution >= 0.6 is 11.3 Å². The van der Waals surface area contributed by atoms with Crippen molar-refractivity contribution in [3.05, 3.63) is 47.2 Å². The smallest absolute Gasteiger partial charge is 0.277 e. The van der Waals surface area contributed by atoms with E-state index in [1.54, 1.807) is 17.1 Å². The monoisotopic (exact) mass is 368 g/mol.